The van der Waals surface area contributed by atoms with Gasteiger partial charge in [0.2, 0.25) is 0 Å². The molecule has 2 rings (SSSR count). The van der Waals surface area contributed by atoms with E-state index in [1.807, 2.05) is 5.48 Å². The zero-order valence-corrected chi connectivity index (χ0v) is 13.2. The number of nitrogens with zero attached hydrogens (tertiary/aromatic N) is 1. The molecular weight excluding hydrogens is 360 g/mol. The molecule has 3 nitrogen and oxygen atoms in total. The molecule has 0 heterocycles. The SMILES string of the molecule is ONC=Nc1c(Br)cc(C2CCCCC2)cc1Br. The van der Waals surface area contributed by atoms with Crippen molar-refractivity contribution in [2.45, 2.75) is 38.0 Å². The van der Waals surface area contributed by atoms with Crippen molar-refractivity contribution < 1.29 is 5.21 Å². The number of hydrogen-bond donors (Lipinski definition) is 2. The lowest BCUT2D eigenvalue weighted by Gasteiger charge is -2.22. The van der Waals surface area contributed by atoms with Gasteiger partial charge in [0.25, 0.3) is 0 Å². The van der Waals surface area contributed by atoms with E-state index in [2.05, 4.69) is 49.0 Å². The molecule has 1 aromatic carbocycles. The van der Waals surface area contributed by atoms with E-state index in [9.17, 15) is 0 Å². The fraction of sp³-hybridized carbons (Fsp3) is 0.462. The van der Waals surface area contributed by atoms with E-state index in [4.69, 9.17) is 5.21 Å². The monoisotopic (exact) mass is 374 g/mol. The molecule has 0 aliphatic heterocycles. The molecule has 0 bridgehead atoms. The summed E-state index contributed by atoms with van der Waals surface area (Å²) in [4.78, 5) is 4.13. The lowest BCUT2D eigenvalue weighted by molar-refractivity contribution is 0.240. The summed E-state index contributed by atoms with van der Waals surface area (Å²) >= 11 is 7.08. The van der Waals surface area contributed by atoms with Gasteiger partial charge >= 0.3 is 0 Å². The Morgan fingerprint density at radius 1 is 1.17 bits per heavy atom. The average molecular weight is 376 g/mol. The topological polar surface area (TPSA) is 44.6 Å². The molecule has 1 saturated carbocycles. The zero-order chi connectivity index (χ0) is 13.0. The van der Waals surface area contributed by atoms with Crippen LogP contribution in [-0.2, 0) is 0 Å². The van der Waals surface area contributed by atoms with Crippen molar-refractivity contribution in [1.82, 2.24) is 5.48 Å². The molecular formula is C13H16Br2N2O. The normalized spacial score (nSPS) is 17.3. The molecule has 5 heteroatoms. The van der Waals surface area contributed by atoms with Gasteiger partial charge in [0.1, 0.15) is 6.34 Å². The van der Waals surface area contributed by atoms with Gasteiger partial charge in [-0.3, -0.25) is 10.7 Å². The molecule has 0 saturated heterocycles. The second-order valence-electron chi connectivity index (χ2n) is 4.56. The molecule has 2 N–H and O–H groups in total. The predicted molar refractivity (Wildman–Crippen MR) is 80.7 cm³/mol. The van der Waals surface area contributed by atoms with E-state index in [1.165, 1.54) is 44.0 Å². The summed E-state index contributed by atoms with van der Waals surface area (Å²) in [6.07, 6.45) is 7.83. The molecule has 0 atom stereocenters. The number of aliphatic imine (C=N–C) groups is 1. The van der Waals surface area contributed by atoms with Crippen LogP contribution in [0.2, 0.25) is 0 Å². The van der Waals surface area contributed by atoms with Crippen molar-refractivity contribution in [2.24, 2.45) is 4.99 Å². The summed E-state index contributed by atoms with van der Waals surface area (Å²) in [6.45, 7) is 0. The lowest BCUT2D eigenvalue weighted by Crippen LogP contribution is -2.04. The Kier molecular flexibility index (Phi) is 5.21. The van der Waals surface area contributed by atoms with Crippen LogP contribution in [0.15, 0.2) is 26.1 Å². The smallest absolute Gasteiger partial charge is 0.113 e. The van der Waals surface area contributed by atoms with Crippen LogP contribution < -0.4 is 5.48 Å². The number of hydroxylamine groups is 1. The quantitative estimate of drug-likeness (QED) is 0.448. The van der Waals surface area contributed by atoms with Crippen molar-refractivity contribution in [3.63, 3.8) is 0 Å². The molecule has 1 aliphatic rings. The first-order valence-corrected chi connectivity index (χ1v) is 7.72. The van der Waals surface area contributed by atoms with E-state index in [1.54, 1.807) is 0 Å². The minimum absolute atomic E-state index is 0.667. The van der Waals surface area contributed by atoms with Gasteiger partial charge in [0, 0.05) is 8.95 Å². The van der Waals surface area contributed by atoms with Crippen LogP contribution in [0, 0.1) is 0 Å². The third kappa shape index (κ3) is 3.33. The second kappa shape index (κ2) is 6.68. The van der Waals surface area contributed by atoms with Crippen LogP contribution >= 0.6 is 31.9 Å². The maximum absolute atomic E-state index is 8.54. The number of hydrogen-bond acceptors (Lipinski definition) is 2. The highest BCUT2D eigenvalue weighted by Gasteiger charge is 2.17. The third-order valence-electron chi connectivity index (χ3n) is 3.37. The first-order chi connectivity index (χ1) is 8.72. The van der Waals surface area contributed by atoms with Crippen LogP contribution in [-0.4, -0.2) is 11.5 Å². The van der Waals surface area contributed by atoms with Crippen molar-refractivity contribution in [1.29, 1.82) is 0 Å². The third-order valence-corrected chi connectivity index (χ3v) is 4.58. The van der Waals surface area contributed by atoms with Gasteiger partial charge in [-0.1, -0.05) is 19.3 Å². The molecule has 0 aromatic heterocycles. The predicted octanol–water partition coefficient (Wildman–Crippen LogP) is 4.90. The highest BCUT2D eigenvalue weighted by molar-refractivity contribution is 9.11. The molecule has 1 fully saturated rings. The van der Waals surface area contributed by atoms with Gasteiger partial charge in [0.15, 0.2) is 0 Å². The maximum atomic E-state index is 8.54. The Morgan fingerprint density at radius 3 is 2.33 bits per heavy atom. The summed E-state index contributed by atoms with van der Waals surface area (Å²) in [5.41, 5.74) is 4.07. The van der Waals surface area contributed by atoms with Gasteiger partial charge in [-0.05, 0) is 68.3 Å². The molecule has 0 spiro atoms. The average Bonchev–Trinajstić information content (AvgIpc) is 2.39. The first kappa shape index (κ1) is 14.0. The Hall–Kier alpha value is -0.390. The molecule has 0 unspecified atom stereocenters. The molecule has 0 amide bonds. The van der Waals surface area contributed by atoms with Crippen molar-refractivity contribution >= 4 is 43.9 Å². The van der Waals surface area contributed by atoms with Crippen molar-refractivity contribution in [2.75, 3.05) is 0 Å². The summed E-state index contributed by atoms with van der Waals surface area (Å²) in [5.74, 6) is 0.667. The van der Waals surface area contributed by atoms with Gasteiger partial charge in [-0.15, -0.1) is 0 Å². The van der Waals surface area contributed by atoms with E-state index < -0.39 is 0 Å². The van der Waals surface area contributed by atoms with E-state index in [0.717, 1.165) is 14.6 Å². The highest BCUT2D eigenvalue weighted by atomic mass is 79.9. The Labute approximate surface area is 124 Å². The summed E-state index contributed by atoms with van der Waals surface area (Å²) in [6, 6.07) is 4.29. The summed E-state index contributed by atoms with van der Waals surface area (Å²) in [7, 11) is 0. The molecule has 0 radical (unpaired) electrons. The number of halogens is 2. The molecule has 1 aromatic rings. The van der Waals surface area contributed by atoms with Gasteiger partial charge in [-0.2, -0.15) is 0 Å². The minimum Gasteiger partial charge on any atom is -0.290 e. The van der Waals surface area contributed by atoms with E-state index in [-0.39, 0.29) is 0 Å². The molecule has 98 valence electrons. The Morgan fingerprint density at radius 2 is 1.78 bits per heavy atom. The zero-order valence-electron chi connectivity index (χ0n) is 10.00. The number of benzene rings is 1. The first-order valence-electron chi connectivity index (χ1n) is 6.13. The number of nitrogens with one attached hydrogen (secondary N) is 1. The van der Waals surface area contributed by atoms with Crippen LogP contribution in [0.1, 0.15) is 43.6 Å². The van der Waals surface area contributed by atoms with Crippen LogP contribution in [0.5, 0.6) is 0 Å². The van der Waals surface area contributed by atoms with Crippen LogP contribution in [0.25, 0.3) is 0 Å². The second-order valence-corrected chi connectivity index (χ2v) is 6.26. The van der Waals surface area contributed by atoms with Gasteiger partial charge in [-0.25, -0.2) is 4.99 Å². The number of rotatable bonds is 3. The Balaban J connectivity index is 2.26. The largest absolute Gasteiger partial charge is 0.290 e. The van der Waals surface area contributed by atoms with Crippen LogP contribution in [0.3, 0.4) is 0 Å². The fourth-order valence-electron chi connectivity index (χ4n) is 2.47. The minimum atomic E-state index is 0.667. The highest BCUT2D eigenvalue weighted by Crippen LogP contribution is 2.40. The Bertz CT molecular complexity index is 420. The molecule has 1 aliphatic carbocycles. The maximum Gasteiger partial charge on any atom is 0.113 e. The van der Waals surface area contributed by atoms with E-state index >= 15 is 0 Å². The van der Waals surface area contributed by atoms with Crippen LogP contribution in [0.4, 0.5) is 5.69 Å². The molecule has 18 heavy (non-hydrogen) atoms. The lowest BCUT2D eigenvalue weighted by atomic mass is 9.84. The van der Waals surface area contributed by atoms with Crippen molar-refractivity contribution in [3.8, 4) is 0 Å². The van der Waals surface area contributed by atoms with Gasteiger partial charge < -0.3 is 0 Å². The standard InChI is InChI=1S/C13H16Br2N2O/c14-11-6-10(9-4-2-1-3-5-9)7-12(15)13(11)16-8-17-18/h6-9,18H,1-5H2,(H,16,17). The fourth-order valence-corrected chi connectivity index (χ4v) is 3.90. The van der Waals surface area contributed by atoms with Gasteiger partial charge in [0.05, 0.1) is 5.69 Å². The van der Waals surface area contributed by atoms with E-state index in [0.29, 0.717) is 5.92 Å². The van der Waals surface area contributed by atoms with Crippen molar-refractivity contribution in [3.05, 3.63) is 26.6 Å². The summed E-state index contributed by atoms with van der Waals surface area (Å²) < 4.78 is 1.90. The summed E-state index contributed by atoms with van der Waals surface area (Å²) in [5, 5.41) is 8.54.